The van der Waals surface area contributed by atoms with Crippen molar-refractivity contribution in [3.05, 3.63) is 40.1 Å². The minimum Gasteiger partial charge on any atom is -1.00 e. The van der Waals surface area contributed by atoms with Crippen LogP contribution in [0.4, 0.5) is 0 Å². The summed E-state index contributed by atoms with van der Waals surface area (Å²) < 4.78 is 58.7. The summed E-state index contributed by atoms with van der Waals surface area (Å²) in [4.78, 5) is 0. The summed E-state index contributed by atoms with van der Waals surface area (Å²) in [6.07, 6.45) is 0.657. The molecule has 0 radical (unpaired) electrons. The summed E-state index contributed by atoms with van der Waals surface area (Å²) in [6.45, 7) is 0. The van der Waals surface area contributed by atoms with Gasteiger partial charge in [-0.05, 0) is 11.6 Å². The van der Waals surface area contributed by atoms with E-state index in [1.807, 2.05) is 0 Å². The van der Waals surface area contributed by atoms with Crippen LogP contribution in [0, 0.1) is 0 Å². The molecule has 0 saturated carbocycles. The zero-order valence-corrected chi connectivity index (χ0v) is 17.7. The number of hydrogen-bond acceptors (Lipinski definition) is 4. The molecule has 92 valence electrons. The molecule has 0 aliphatic carbocycles. The van der Waals surface area contributed by atoms with Crippen molar-refractivity contribution in [3.63, 3.8) is 0 Å². The van der Waals surface area contributed by atoms with Crippen molar-refractivity contribution in [2.75, 3.05) is 0 Å². The molecule has 0 amide bonds. The topological polar surface area (TPSA) is 109 Å². The fraction of sp³-hybridized carbons (Fsp3) is 0. The molecule has 6 nitrogen and oxygen atoms in total. The minimum absolute atomic E-state index is 0. The fourth-order valence-electron chi connectivity index (χ4n) is 0.967. The van der Waals surface area contributed by atoms with Gasteiger partial charge in [0.15, 0.2) is 0 Å². The molecule has 1 aromatic rings. The predicted molar refractivity (Wildman–Crippen MR) is 59.7 cm³/mol. The SMILES string of the molecule is O=S(=O)(O)C(=Cc1ccccc1)S(=O)(=O)O.[H-].[H-].[K+].[K+]. The van der Waals surface area contributed by atoms with Crippen LogP contribution in [0.3, 0.4) is 0 Å². The first-order chi connectivity index (χ1) is 7.21. The Kier molecular flexibility index (Phi) is 11.4. The Morgan fingerprint density at radius 3 is 1.67 bits per heavy atom. The fourth-order valence-corrected chi connectivity index (χ4v) is 2.60. The first-order valence-corrected chi connectivity index (χ1v) is 6.81. The van der Waals surface area contributed by atoms with Crippen LogP contribution in [-0.4, -0.2) is 25.9 Å². The Hall–Kier alpha value is 2.05. The molecule has 0 heterocycles. The molecule has 0 saturated heterocycles. The molecule has 0 bridgehead atoms. The van der Waals surface area contributed by atoms with Crippen molar-refractivity contribution >= 4 is 26.3 Å². The molecule has 0 unspecified atom stereocenters. The molecule has 1 rings (SSSR count). The molecule has 0 aliphatic rings. The largest absolute Gasteiger partial charge is 1.00 e. The maximum absolute atomic E-state index is 10.7. The minimum atomic E-state index is -5.00. The Labute approximate surface area is 194 Å². The Morgan fingerprint density at radius 2 is 1.33 bits per heavy atom. The smallest absolute Gasteiger partial charge is 1.00 e. The molecule has 0 aromatic heterocycles. The van der Waals surface area contributed by atoms with Gasteiger partial charge in [0.05, 0.1) is 0 Å². The van der Waals surface area contributed by atoms with E-state index in [4.69, 9.17) is 9.11 Å². The van der Waals surface area contributed by atoms with Crippen LogP contribution in [0.1, 0.15) is 8.42 Å². The van der Waals surface area contributed by atoms with Crippen molar-refractivity contribution in [2.24, 2.45) is 0 Å². The summed E-state index contributed by atoms with van der Waals surface area (Å²) in [5.41, 5.74) is 0.216. The normalized spacial score (nSPS) is 10.8. The van der Waals surface area contributed by atoms with Crippen molar-refractivity contribution in [1.82, 2.24) is 0 Å². The molecular formula is C8H10K2O6S2. The monoisotopic (exact) mass is 344 g/mol. The van der Waals surface area contributed by atoms with Gasteiger partial charge in [0, 0.05) is 0 Å². The summed E-state index contributed by atoms with van der Waals surface area (Å²) >= 11 is 0. The van der Waals surface area contributed by atoms with Gasteiger partial charge < -0.3 is 2.85 Å². The first-order valence-electron chi connectivity index (χ1n) is 3.93. The van der Waals surface area contributed by atoms with Gasteiger partial charge in [0.2, 0.25) is 4.24 Å². The van der Waals surface area contributed by atoms with Gasteiger partial charge in [0.1, 0.15) is 0 Å². The average molecular weight is 344 g/mol. The van der Waals surface area contributed by atoms with Gasteiger partial charge in [-0.2, -0.15) is 16.8 Å². The summed E-state index contributed by atoms with van der Waals surface area (Å²) in [5.74, 6) is 0. The molecule has 0 atom stereocenters. The maximum atomic E-state index is 10.7. The standard InChI is InChI=1S/C8H8O6S2.2K.2H/c9-15(10,11)8(16(12,13)14)6-7-4-2-1-3-5-7;;;;/h1-6H,(H,9,10,11)(H,12,13,14);;;;/q;2*+1;2*-1. The molecule has 2 N–H and O–H groups in total. The van der Waals surface area contributed by atoms with E-state index in [1.165, 1.54) is 24.3 Å². The summed E-state index contributed by atoms with van der Waals surface area (Å²) in [5, 5.41) is 0. The van der Waals surface area contributed by atoms with Crippen molar-refractivity contribution in [3.8, 4) is 0 Å². The van der Waals surface area contributed by atoms with Crippen LogP contribution in [-0.2, 0) is 20.2 Å². The van der Waals surface area contributed by atoms with Crippen molar-refractivity contribution < 1.29 is 132 Å². The van der Waals surface area contributed by atoms with E-state index in [2.05, 4.69) is 0 Å². The van der Waals surface area contributed by atoms with E-state index in [-0.39, 0.29) is 111 Å². The second-order valence-electron chi connectivity index (χ2n) is 2.82. The zero-order valence-electron chi connectivity index (χ0n) is 11.8. The number of rotatable bonds is 3. The molecule has 10 heteroatoms. The Balaban J connectivity index is -0.000000320. The van der Waals surface area contributed by atoms with E-state index in [9.17, 15) is 16.8 Å². The third kappa shape index (κ3) is 7.73. The third-order valence-corrected chi connectivity index (χ3v) is 4.11. The molecule has 18 heavy (non-hydrogen) atoms. The van der Waals surface area contributed by atoms with Crippen LogP contribution < -0.4 is 103 Å². The van der Waals surface area contributed by atoms with E-state index in [0.29, 0.717) is 6.08 Å². The van der Waals surface area contributed by atoms with Crippen LogP contribution in [0.5, 0.6) is 0 Å². The molecule has 0 aliphatic heterocycles. The molecule has 0 spiro atoms. The third-order valence-electron chi connectivity index (χ3n) is 1.59. The van der Waals surface area contributed by atoms with E-state index < -0.39 is 24.5 Å². The van der Waals surface area contributed by atoms with Crippen molar-refractivity contribution in [2.45, 2.75) is 0 Å². The van der Waals surface area contributed by atoms with E-state index in [0.717, 1.165) is 0 Å². The van der Waals surface area contributed by atoms with Gasteiger partial charge in [0.25, 0.3) is 0 Å². The van der Waals surface area contributed by atoms with E-state index in [1.54, 1.807) is 6.07 Å². The average Bonchev–Trinajstić information content (AvgIpc) is 2.12. The first kappa shape index (κ1) is 22.3. The summed E-state index contributed by atoms with van der Waals surface area (Å²) in [7, 11) is -10.00. The van der Waals surface area contributed by atoms with Gasteiger partial charge in [-0.1, -0.05) is 30.3 Å². The molecular weight excluding hydrogens is 334 g/mol. The second-order valence-corrected chi connectivity index (χ2v) is 5.86. The summed E-state index contributed by atoms with van der Waals surface area (Å²) in [6, 6.07) is 7.54. The zero-order chi connectivity index (χ0) is 12.4. The number of benzene rings is 1. The van der Waals surface area contributed by atoms with Gasteiger partial charge in [-0.15, -0.1) is 0 Å². The van der Waals surface area contributed by atoms with Gasteiger partial charge >= 0.3 is 123 Å². The predicted octanol–water partition coefficient (Wildman–Crippen LogP) is -5.01. The van der Waals surface area contributed by atoms with E-state index >= 15 is 0 Å². The second kappa shape index (κ2) is 9.15. The van der Waals surface area contributed by atoms with Crippen LogP contribution in [0.25, 0.3) is 6.08 Å². The Morgan fingerprint density at radius 1 is 0.944 bits per heavy atom. The Bertz CT molecular complexity index is 582. The maximum Gasteiger partial charge on any atom is 1.00 e. The quantitative estimate of drug-likeness (QED) is 0.420. The number of hydrogen-bond donors (Lipinski definition) is 2. The molecule has 0 fully saturated rings. The van der Waals surface area contributed by atoms with Gasteiger partial charge in [-0.25, -0.2) is 0 Å². The van der Waals surface area contributed by atoms with Crippen LogP contribution in [0.15, 0.2) is 34.6 Å². The van der Waals surface area contributed by atoms with Crippen LogP contribution >= 0.6 is 0 Å². The van der Waals surface area contributed by atoms with Crippen molar-refractivity contribution in [1.29, 1.82) is 0 Å². The van der Waals surface area contributed by atoms with Gasteiger partial charge in [-0.3, -0.25) is 9.11 Å². The van der Waals surface area contributed by atoms with Crippen LogP contribution in [0.2, 0.25) is 0 Å². The molecule has 1 aromatic carbocycles.